The monoisotopic (exact) mass is 330 g/mol. The molecule has 0 aromatic rings. The van der Waals surface area contributed by atoms with E-state index in [4.69, 9.17) is 0 Å². The van der Waals surface area contributed by atoms with Gasteiger partial charge in [0.15, 0.2) is 5.78 Å². The number of carbonyl (C=O) groups is 2. The molecule has 3 heteroatoms. The molecule has 1 N–H and O–H groups in total. The van der Waals surface area contributed by atoms with Gasteiger partial charge in [0.05, 0.1) is 0 Å². The lowest BCUT2D eigenvalue weighted by Gasteiger charge is -2.58. The first kappa shape index (κ1) is 16.5. The SMILES string of the molecule is CC(=O)[C@@]1(O)CC[C@H]2[C@@H]3CC=C4CC(=O)CC[C@]4(C)[C@H]3CC[C@@]21C. The van der Waals surface area contributed by atoms with Gasteiger partial charge in [0.25, 0.3) is 0 Å². The molecular weight excluding hydrogens is 300 g/mol. The Morgan fingerprint density at radius 3 is 2.58 bits per heavy atom. The van der Waals surface area contributed by atoms with Crippen LogP contribution in [0.2, 0.25) is 0 Å². The molecule has 0 bridgehead atoms. The Labute approximate surface area is 144 Å². The Balaban J connectivity index is 1.70. The van der Waals surface area contributed by atoms with Crippen LogP contribution in [-0.4, -0.2) is 22.3 Å². The molecule has 6 atom stereocenters. The van der Waals surface area contributed by atoms with Crippen LogP contribution in [0.4, 0.5) is 0 Å². The zero-order chi connectivity index (χ0) is 17.3. The summed E-state index contributed by atoms with van der Waals surface area (Å²) < 4.78 is 0. The van der Waals surface area contributed by atoms with Gasteiger partial charge < -0.3 is 5.11 Å². The van der Waals surface area contributed by atoms with Gasteiger partial charge in [-0.05, 0) is 68.6 Å². The van der Waals surface area contributed by atoms with E-state index in [1.807, 2.05) is 0 Å². The van der Waals surface area contributed by atoms with Gasteiger partial charge in [-0.25, -0.2) is 0 Å². The van der Waals surface area contributed by atoms with Crippen LogP contribution in [0.1, 0.15) is 72.1 Å². The predicted molar refractivity (Wildman–Crippen MR) is 92.3 cm³/mol. The summed E-state index contributed by atoms with van der Waals surface area (Å²) in [6.45, 7) is 6.10. The average molecular weight is 330 g/mol. The summed E-state index contributed by atoms with van der Waals surface area (Å²) in [4.78, 5) is 24.1. The molecule has 0 saturated heterocycles. The van der Waals surface area contributed by atoms with E-state index in [0.717, 1.165) is 38.5 Å². The van der Waals surface area contributed by atoms with Crippen molar-refractivity contribution in [1.82, 2.24) is 0 Å². The fourth-order valence-corrected chi connectivity index (χ4v) is 7.07. The molecule has 132 valence electrons. The minimum absolute atomic E-state index is 0.0486. The number of aliphatic hydroxyl groups is 1. The average Bonchev–Trinajstić information content (AvgIpc) is 2.81. The molecule has 0 aromatic heterocycles. The van der Waals surface area contributed by atoms with Crippen LogP contribution in [0, 0.1) is 28.6 Å². The lowest BCUT2D eigenvalue weighted by Crippen LogP contribution is -2.56. The molecular formula is C21H30O3. The number of fused-ring (bicyclic) bond motifs is 5. The van der Waals surface area contributed by atoms with Crippen LogP contribution < -0.4 is 0 Å². The molecule has 0 aliphatic heterocycles. The molecule has 3 fully saturated rings. The minimum atomic E-state index is -1.13. The summed E-state index contributed by atoms with van der Waals surface area (Å²) >= 11 is 0. The summed E-state index contributed by atoms with van der Waals surface area (Å²) in [7, 11) is 0. The minimum Gasteiger partial charge on any atom is -0.382 e. The summed E-state index contributed by atoms with van der Waals surface area (Å²) in [5, 5.41) is 11.1. The van der Waals surface area contributed by atoms with Crippen LogP contribution in [-0.2, 0) is 9.59 Å². The summed E-state index contributed by atoms with van der Waals surface area (Å²) in [5.74, 6) is 1.94. The molecule has 0 heterocycles. The standard InChI is InChI=1S/C21H30O3/c1-13(22)21(24)11-8-18-16-5-4-14-12-15(23)6-9-19(14,2)17(16)7-10-20(18,21)3/h4,16-18,24H,5-12H2,1-3H3/t16-,17+,18+,19+,20+,21+/m1/s1. The van der Waals surface area contributed by atoms with Crippen molar-refractivity contribution in [1.29, 1.82) is 0 Å². The Morgan fingerprint density at radius 1 is 1.17 bits per heavy atom. The van der Waals surface area contributed by atoms with Crippen LogP contribution in [0.3, 0.4) is 0 Å². The Kier molecular flexibility index (Phi) is 3.46. The van der Waals surface area contributed by atoms with Crippen LogP contribution in [0.25, 0.3) is 0 Å². The van der Waals surface area contributed by atoms with E-state index >= 15 is 0 Å². The Bertz CT molecular complexity index is 635. The summed E-state index contributed by atoms with van der Waals surface area (Å²) in [6.07, 6.45) is 9.33. The van der Waals surface area contributed by atoms with Crippen LogP contribution >= 0.6 is 0 Å². The highest BCUT2D eigenvalue weighted by atomic mass is 16.3. The van der Waals surface area contributed by atoms with Crippen LogP contribution in [0.5, 0.6) is 0 Å². The fourth-order valence-electron chi connectivity index (χ4n) is 7.07. The van der Waals surface area contributed by atoms with Crippen molar-refractivity contribution in [3.8, 4) is 0 Å². The zero-order valence-electron chi connectivity index (χ0n) is 15.2. The molecule has 24 heavy (non-hydrogen) atoms. The highest BCUT2D eigenvalue weighted by Gasteiger charge is 2.65. The fraction of sp³-hybridized carbons (Fsp3) is 0.810. The lowest BCUT2D eigenvalue weighted by atomic mass is 9.47. The maximum atomic E-state index is 12.2. The molecule has 0 aromatic carbocycles. The predicted octanol–water partition coefficient (Wildman–Crippen LogP) is 3.84. The van der Waals surface area contributed by atoms with E-state index < -0.39 is 5.60 Å². The quantitative estimate of drug-likeness (QED) is 0.743. The third kappa shape index (κ3) is 1.88. The van der Waals surface area contributed by atoms with Gasteiger partial charge in [0, 0.05) is 18.3 Å². The number of hydrogen-bond donors (Lipinski definition) is 1. The van der Waals surface area contributed by atoms with Crippen molar-refractivity contribution in [2.45, 2.75) is 77.7 Å². The number of hydrogen-bond acceptors (Lipinski definition) is 3. The van der Waals surface area contributed by atoms with Gasteiger partial charge in [0.2, 0.25) is 0 Å². The maximum Gasteiger partial charge on any atom is 0.161 e. The zero-order valence-corrected chi connectivity index (χ0v) is 15.2. The molecule has 4 aliphatic rings. The lowest BCUT2D eigenvalue weighted by molar-refractivity contribution is -0.159. The number of allylic oxidation sites excluding steroid dienone is 2. The number of rotatable bonds is 1. The first-order chi connectivity index (χ1) is 11.2. The second-order valence-corrected chi connectivity index (χ2v) is 9.39. The highest BCUT2D eigenvalue weighted by Crippen LogP contribution is 2.67. The van der Waals surface area contributed by atoms with Gasteiger partial charge >= 0.3 is 0 Å². The molecule has 4 rings (SSSR count). The summed E-state index contributed by atoms with van der Waals surface area (Å²) in [6, 6.07) is 0. The smallest absolute Gasteiger partial charge is 0.161 e. The van der Waals surface area contributed by atoms with Gasteiger partial charge in [-0.2, -0.15) is 0 Å². The largest absolute Gasteiger partial charge is 0.382 e. The van der Waals surface area contributed by atoms with Crippen molar-refractivity contribution in [2.75, 3.05) is 0 Å². The second kappa shape index (κ2) is 5.03. The van der Waals surface area contributed by atoms with Crippen molar-refractivity contribution >= 4 is 11.6 Å². The van der Waals surface area contributed by atoms with Crippen molar-refractivity contribution in [2.24, 2.45) is 28.6 Å². The molecule has 0 unspecified atom stereocenters. The van der Waals surface area contributed by atoms with Crippen molar-refractivity contribution in [3.63, 3.8) is 0 Å². The van der Waals surface area contributed by atoms with Crippen LogP contribution in [0.15, 0.2) is 11.6 Å². The number of ketones is 2. The number of carbonyl (C=O) groups excluding carboxylic acids is 2. The summed E-state index contributed by atoms with van der Waals surface area (Å²) in [5.41, 5.74) is 0.139. The highest BCUT2D eigenvalue weighted by molar-refractivity contribution is 5.86. The molecule has 0 amide bonds. The van der Waals surface area contributed by atoms with E-state index in [1.165, 1.54) is 5.57 Å². The molecule has 3 saturated carbocycles. The first-order valence-electron chi connectivity index (χ1n) is 9.67. The Hall–Kier alpha value is -0.960. The third-order valence-electron chi connectivity index (χ3n) is 8.67. The van der Waals surface area contributed by atoms with Gasteiger partial charge in [-0.1, -0.05) is 25.5 Å². The van der Waals surface area contributed by atoms with E-state index in [2.05, 4.69) is 19.9 Å². The van der Waals surface area contributed by atoms with E-state index in [1.54, 1.807) is 6.92 Å². The van der Waals surface area contributed by atoms with E-state index in [-0.39, 0.29) is 16.6 Å². The molecule has 4 aliphatic carbocycles. The molecule has 0 spiro atoms. The van der Waals surface area contributed by atoms with Gasteiger partial charge in [0.1, 0.15) is 11.4 Å². The maximum absolute atomic E-state index is 12.2. The number of Topliss-reactive ketones (excluding diaryl/α,β-unsaturated/α-hetero) is 2. The normalized spacial score (nSPS) is 50.6. The van der Waals surface area contributed by atoms with Gasteiger partial charge in [-0.15, -0.1) is 0 Å². The van der Waals surface area contributed by atoms with Gasteiger partial charge in [-0.3, -0.25) is 9.59 Å². The first-order valence-corrected chi connectivity index (χ1v) is 9.67. The Morgan fingerprint density at radius 2 is 1.88 bits per heavy atom. The van der Waals surface area contributed by atoms with Crippen molar-refractivity contribution < 1.29 is 14.7 Å². The third-order valence-corrected chi connectivity index (χ3v) is 8.67. The van der Waals surface area contributed by atoms with E-state index in [0.29, 0.717) is 36.4 Å². The van der Waals surface area contributed by atoms with Crippen molar-refractivity contribution in [3.05, 3.63) is 11.6 Å². The second-order valence-electron chi connectivity index (χ2n) is 9.39. The molecule has 0 radical (unpaired) electrons. The molecule has 3 nitrogen and oxygen atoms in total. The topological polar surface area (TPSA) is 54.4 Å². The van der Waals surface area contributed by atoms with E-state index in [9.17, 15) is 14.7 Å².